The van der Waals surface area contributed by atoms with E-state index in [0.717, 1.165) is 24.6 Å². The van der Waals surface area contributed by atoms with Gasteiger partial charge in [0, 0.05) is 0 Å². The fraction of sp³-hybridized carbons (Fsp3) is 0.533. The van der Waals surface area contributed by atoms with Gasteiger partial charge in [-0.15, -0.1) is 0 Å². The average molecular weight is 461 g/mol. The summed E-state index contributed by atoms with van der Waals surface area (Å²) in [6.45, 7) is 14.5. The highest BCUT2D eigenvalue weighted by Crippen LogP contribution is 2.28. The fourth-order valence-corrected chi connectivity index (χ4v) is 4.80. The van der Waals surface area contributed by atoms with Crippen LogP contribution in [0.3, 0.4) is 0 Å². The van der Waals surface area contributed by atoms with Gasteiger partial charge in [-0.3, -0.25) is 0 Å². The van der Waals surface area contributed by atoms with E-state index in [0.29, 0.717) is 25.0 Å². The normalized spacial score (nSPS) is 21.8. The Balaban J connectivity index is 1.38. The van der Waals surface area contributed by atoms with Crippen LogP contribution in [0.15, 0.2) is 58.5 Å². The van der Waals surface area contributed by atoms with Crippen molar-refractivity contribution in [3.8, 4) is 0 Å². The fourth-order valence-electron chi connectivity index (χ4n) is 4.80. The van der Waals surface area contributed by atoms with Gasteiger partial charge in [-0.05, 0) is 60.8 Å². The quantitative estimate of drug-likeness (QED) is 0.424. The van der Waals surface area contributed by atoms with Gasteiger partial charge in [0.15, 0.2) is 11.8 Å². The van der Waals surface area contributed by atoms with Gasteiger partial charge >= 0.3 is 0 Å². The Morgan fingerprint density at radius 1 is 0.618 bits per heavy atom. The molecule has 0 saturated carbocycles. The molecule has 0 bridgehead atoms. The molecule has 2 aromatic carbocycles. The van der Waals surface area contributed by atoms with Crippen LogP contribution in [-0.2, 0) is 22.3 Å². The van der Waals surface area contributed by atoms with Gasteiger partial charge in [0.05, 0.1) is 11.8 Å². The third-order valence-corrected chi connectivity index (χ3v) is 6.82. The van der Waals surface area contributed by atoms with E-state index in [1.807, 2.05) is 0 Å². The first-order chi connectivity index (χ1) is 16.3. The molecule has 0 spiro atoms. The first-order valence-electron chi connectivity index (χ1n) is 12.9. The second-order valence-electron chi connectivity index (χ2n) is 10.8. The molecular weight excluding hydrogens is 420 g/mol. The van der Waals surface area contributed by atoms with E-state index in [-0.39, 0.29) is 23.9 Å². The Morgan fingerprint density at radius 3 is 1.29 bits per heavy atom. The first kappa shape index (κ1) is 24.5. The van der Waals surface area contributed by atoms with Crippen LogP contribution in [0.25, 0.3) is 0 Å². The Morgan fingerprint density at radius 2 is 0.971 bits per heavy atom. The van der Waals surface area contributed by atoms with Crippen molar-refractivity contribution < 1.29 is 9.47 Å². The SMILES string of the molecule is CC(C)Cc1ccc([C@H](C)C2=N[C@@H]([C@H]3COC([C@@H](C)c4ccc(CC(C)C)cc4)=N3)CO2)cc1. The lowest BCUT2D eigenvalue weighted by Gasteiger charge is -2.12. The number of rotatable bonds is 9. The Bertz CT molecular complexity index is 922. The summed E-state index contributed by atoms with van der Waals surface area (Å²) in [5.74, 6) is 3.26. The van der Waals surface area contributed by atoms with Gasteiger partial charge in [-0.1, -0.05) is 76.2 Å². The van der Waals surface area contributed by atoms with Crippen LogP contribution >= 0.6 is 0 Å². The molecule has 2 aromatic rings. The maximum absolute atomic E-state index is 6.04. The molecule has 0 fully saturated rings. The molecule has 4 nitrogen and oxygen atoms in total. The molecular formula is C30H40N2O2. The lowest BCUT2D eigenvalue weighted by atomic mass is 9.96. The highest BCUT2D eigenvalue weighted by molar-refractivity contribution is 5.86. The smallest absolute Gasteiger partial charge is 0.191 e. The van der Waals surface area contributed by atoms with E-state index in [4.69, 9.17) is 19.5 Å². The summed E-state index contributed by atoms with van der Waals surface area (Å²) in [6.07, 6.45) is 2.22. The lowest BCUT2D eigenvalue weighted by molar-refractivity contribution is 0.256. The molecule has 34 heavy (non-hydrogen) atoms. The van der Waals surface area contributed by atoms with Crippen LogP contribution in [0.2, 0.25) is 0 Å². The molecule has 0 N–H and O–H groups in total. The van der Waals surface area contributed by atoms with Gasteiger partial charge in [0.1, 0.15) is 25.3 Å². The zero-order valence-corrected chi connectivity index (χ0v) is 21.6. The summed E-state index contributed by atoms with van der Waals surface area (Å²) in [5.41, 5.74) is 5.25. The topological polar surface area (TPSA) is 43.2 Å². The molecule has 0 aromatic heterocycles. The van der Waals surface area contributed by atoms with Gasteiger partial charge in [0.2, 0.25) is 0 Å². The Hall–Kier alpha value is -2.62. The third-order valence-electron chi connectivity index (χ3n) is 6.82. The van der Waals surface area contributed by atoms with Crippen molar-refractivity contribution in [2.75, 3.05) is 13.2 Å². The van der Waals surface area contributed by atoms with E-state index in [1.54, 1.807) is 0 Å². The molecule has 0 saturated heterocycles. The minimum Gasteiger partial charge on any atom is -0.478 e. The van der Waals surface area contributed by atoms with E-state index >= 15 is 0 Å². The molecule has 2 heterocycles. The van der Waals surface area contributed by atoms with Crippen LogP contribution in [0.1, 0.15) is 75.6 Å². The molecule has 0 radical (unpaired) electrons. The second-order valence-corrected chi connectivity index (χ2v) is 10.8. The van der Waals surface area contributed by atoms with Gasteiger partial charge in [0.25, 0.3) is 0 Å². The van der Waals surface area contributed by atoms with Gasteiger partial charge in [-0.25, -0.2) is 9.98 Å². The molecule has 4 atom stereocenters. The molecule has 2 aliphatic heterocycles. The van der Waals surface area contributed by atoms with Crippen molar-refractivity contribution >= 4 is 11.8 Å². The predicted molar refractivity (Wildman–Crippen MR) is 141 cm³/mol. The van der Waals surface area contributed by atoms with E-state index in [1.165, 1.54) is 22.3 Å². The highest BCUT2D eigenvalue weighted by atomic mass is 16.5. The van der Waals surface area contributed by atoms with Crippen LogP contribution in [-0.4, -0.2) is 37.1 Å². The molecule has 0 unspecified atom stereocenters. The van der Waals surface area contributed by atoms with Crippen molar-refractivity contribution in [2.24, 2.45) is 21.8 Å². The minimum atomic E-state index is 0.0239. The second kappa shape index (κ2) is 10.8. The largest absolute Gasteiger partial charge is 0.478 e. The zero-order chi connectivity index (χ0) is 24.2. The van der Waals surface area contributed by atoms with Crippen molar-refractivity contribution in [3.63, 3.8) is 0 Å². The number of ether oxygens (including phenoxy) is 2. The summed E-state index contributed by atoms with van der Waals surface area (Å²) < 4.78 is 12.1. The number of nitrogens with zero attached hydrogens (tertiary/aromatic N) is 2. The maximum atomic E-state index is 6.04. The molecule has 4 rings (SSSR count). The number of aliphatic imine (C=N–C) groups is 2. The Kier molecular flexibility index (Phi) is 7.75. The van der Waals surface area contributed by atoms with Gasteiger partial charge in [-0.2, -0.15) is 0 Å². The lowest BCUT2D eigenvalue weighted by Crippen LogP contribution is -2.25. The highest BCUT2D eigenvalue weighted by Gasteiger charge is 2.35. The zero-order valence-electron chi connectivity index (χ0n) is 21.6. The number of hydrogen-bond acceptors (Lipinski definition) is 4. The van der Waals surface area contributed by atoms with Crippen LogP contribution in [0, 0.1) is 11.8 Å². The van der Waals surface area contributed by atoms with E-state index in [2.05, 4.69) is 90.1 Å². The summed E-state index contributed by atoms with van der Waals surface area (Å²) in [5, 5.41) is 0. The van der Waals surface area contributed by atoms with Crippen LogP contribution in [0.5, 0.6) is 0 Å². The van der Waals surface area contributed by atoms with Crippen LogP contribution in [0.4, 0.5) is 0 Å². The molecule has 182 valence electrons. The van der Waals surface area contributed by atoms with E-state index < -0.39 is 0 Å². The first-order valence-corrected chi connectivity index (χ1v) is 12.9. The maximum Gasteiger partial charge on any atom is 0.191 e. The monoisotopic (exact) mass is 460 g/mol. The van der Waals surface area contributed by atoms with Crippen molar-refractivity contribution in [1.29, 1.82) is 0 Å². The van der Waals surface area contributed by atoms with Gasteiger partial charge < -0.3 is 9.47 Å². The number of benzene rings is 2. The third kappa shape index (κ3) is 5.89. The minimum absolute atomic E-state index is 0.0239. The molecule has 2 aliphatic rings. The van der Waals surface area contributed by atoms with Crippen molar-refractivity contribution in [2.45, 2.75) is 78.3 Å². The van der Waals surface area contributed by atoms with Crippen molar-refractivity contribution in [3.05, 3.63) is 70.8 Å². The Labute approximate surface area is 205 Å². The summed E-state index contributed by atoms with van der Waals surface area (Å²) in [4.78, 5) is 9.86. The predicted octanol–water partition coefficient (Wildman–Crippen LogP) is 6.59. The number of hydrogen-bond donors (Lipinski definition) is 0. The molecule has 4 heteroatoms. The standard InChI is InChI=1S/C30H40N2O2/c1-19(2)15-23-7-11-25(12-8-23)21(5)29-31-27(17-33-29)28-18-34-30(32-28)22(6)26-13-9-24(10-14-26)16-20(3)4/h7-14,19-22,27-28H,15-18H2,1-6H3/t21-,22-,27+,28+/m0/s1. The van der Waals surface area contributed by atoms with E-state index in [9.17, 15) is 0 Å². The van der Waals surface area contributed by atoms with Crippen molar-refractivity contribution in [1.82, 2.24) is 0 Å². The molecule has 0 amide bonds. The van der Waals surface area contributed by atoms with Crippen LogP contribution < -0.4 is 0 Å². The average Bonchev–Trinajstić information content (AvgIpc) is 3.48. The summed E-state index contributed by atoms with van der Waals surface area (Å²) >= 11 is 0. The summed E-state index contributed by atoms with van der Waals surface area (Å²) in [7, 11) is 0. The summed E-state index contributed by atoms with van der Waals surface area (Å²) in [6, 6.07) is 17.8. The molecule has 0 aliphatic carbocycles.